The maximum Gasteiger partial charge on any atom is 0.246 e. The van der Waals surface area contributed by atoms with E-state index in [-0.39, 0.29) is 18.6 Å². The lowest BCUT2D eigenvalue weighted by molar-refractivity contribution is -0.159. The predicted molar refractivity (Wildman–Crippen MR) is 80.0 cm³/mol. The van der Waals surface area contributed by atoms with Crippen molar-refractivity contribution in [1.82, 2.24) is 5.06 Å². The van der Waals surface area contributed by atoms with E-state index in [1.54, 1.807) is 12.1 Å². The highest BCUT2D eigenvalue weighted by Gasteiger charge is 2.11. The Balaban J connectivity index is 2.02. The van der Waals surface area contributed by atoms with E-state index in [1.807, 2.05) is 42.5 Å². The summed E-state index contributed by atoms with van der Waals surface area (Å²) in [6.45, 7) is 0. The summed E-state index contributed by atoms with van der Waals surface area (Å²) in [7, 11) is 1.25. The SMILES string of the molecule is CN(O)C(=O)CCC(=O)c1ccc(-c2ccccc2)cc1. The van der Waals surface area contributed by atoms with E-state index in [0.717, 1.165) is 11.1 Å². The van der Waals surface area contributed by atoms with E-state index in [4.69, 9.17) is 5.21 Å². The van der Waals surface area contributed by atoms with E-state index in [1.165, 1.54) is 7.05 Å². The Labute approximate surface area is 123 Å². The minimum Gasteiger partial charge on any atom is -0.294 e. The van der Waals surface area contributed by atoms with Gasteiger partial charge in [-0.3, -0.25) is 14.8 Å². The second-order valence-corrected chi connectivity index (χ2v) is 4.78. The van der Waals surface area contributed by atoms with Crippen LogP contribution in [-0.2, 0) is 4.79 Å². The zero-order chi connectivity index (χ0) is 15.2. The Morgan fingerprint density at radius 3 is 2.05 bits per heavy atom. The van der Waals surface area contributed by atoms with Gasteiger partial charge in [0.2, 0.25) is 5.91 Å². The topological polar surface area (TPSA) is 57.6 Å². The van der Waals surface area contributed by atoms with Crippen LogP contribution in [0.5, 0.6) is 0 Å². The molecule has 0 radical (unpaired) electrons. The normalized spacial score (nSPS) is 10.2. The molecule has 1 N–H and O–H groups in total. The van der Waals surface area contributed by atoms with Gasteiger partial charge in [-0.1, -0.05) is 54.6 Å². The van der Waals surface area contributed by atoms with Gasteiger partial charge in [-0.2, -0.15) is 0 Å². The smallest absolute Gasteiger partial charge is 0.246 e. The standard InChI is InChI=1S/C17H17NO3/c1-18(21)17(20)12-11-16(19)15-9-7-14(8-10-15)13-5-3-2-4-6-13/h2-10,21H,11-12H2,1H3. The molecule has 0 aliphatic carbocycles. The number of nitrogens with zero attached hydrogens (tertiary/aromatic N) is 1. The van der Waals surface area contributed by atoms with Crippen molar-refractivity contribution < 1.29 is 14.8 Å². The van der Waals surface area contributed by atoms with Crippen LogP contribution in [0.1, 0.15) is 23.2 Å². The van der Waals surface area contributed by atoms with Gasteiger partial charge in [0, 0.05) is 25.5 Å². The summed E-state index contributed by atoms with van der Waals surface area (Å²) in [5, 5.41) is 9.45. The number of benzene rings is 2. The van der Waals surface area contributed by atoms with Crippen molar-refractivity contribution in [2.75, 3.05) is 7.05 Å². The Morgan fingerprint density at radius 2 is 1.48 bits per heavy atom. The number of hydrogen-bond donors (Lipinski definition) is 1. The molecule has 2 rings (SSSR count). The van der Waals surface area contributed by atoms with Gasteiger partial charge in [0.25, 0.3) is 0 Å². The quantitative estimate of drug-likeness (QED) is 0.521. The van der Waals surface area contributed by atoms with Gasteiger partial charge in [-0.15, -0.1) is 0 Å². The first kappa shape index (κ1) is 14.9. The highest BCUT2D eigenvalue weighted by molar-refractivity contribution is 5.98. The first-order chi connectivity index (χ1) is 10.1. The summed E-state index contributed by atoms with van der Waals surface area (Å²) >= 11 is 0. The van der Waals surface area contributed by atoms with Gasteiger partial charge in [-0.05, 0) is 11.1 Å². The lowest BCUT2D eigenvalue weighted by Crippen LogP contribution is -2.22. The molecule has 0 aliphatic heterocycles. The Hall–Kier alpha value is -2.46. The monoisotopic (exact) mass is 283 g/mol. The maximum absolute atomic E-state index is 12.0. The van der Waals surface area contributed by atoms with Crippen molar-refractivity contribution in [2.45, 2.75) is 12.8 Å². The first-order valence-corrected chi connectivity index (χ1v) is 6.72. The van der Waals surface area contributed by atoms with Crippen molar-refractivity contribution in [2.24, 2.45) is 0 Å². The number of rotatable bonds is 5. The molecule has 4 heteroatoms. The van der Waals surface area contributed by atoms with Crippen LogP contribution in [0.3, 0.4) is 0 Å². The lowest BCUT2D eigenvalue weighted by atomic mass is 10.0. The average molecular weight is 283 g/mol. The summed E-state index contributed by atoms with van der Waals surface area (Å²) in [5.41, 5.74) is 2.70. The number of ketones is 1. The van der Waals surface area contributed by atoms with Crippen molar-refractivity contribution in [3.8, 4) is 11.1 Å². The molecule has 0 unspecified atom stereocenters. The summed E-state index contributed by atoms with van der Waals surface area (Å²) in [6, 6.07) is 17.2. The maximum atomic E-state index is 12.0. The minimum absolute atomic E-state index is 0.00622. The average Bonchev–Trinajstić information content (AvgIpc) is 2.53. The van der Waals surface area contributed by atoms with E-state index < -0.39 is 5.91 Å². The summed E-state index contributed by atoms with van der Waals surface area (Å²) < 4.78 is 0. The van der Waals surface area contributed by atoms with E-state index >= 15 is 0 Å². The second kappa shape index (κ2) is 6.81. The van der Waals surface area contributed by atoms with Crippen molar-refractivity contribution in [3.05, 3.63) is 60.2 Å². The fourth-order valence-electron chi connectivity index (χ4n) is 2.01. The molecule has 2 aromatic rings. The van der Waals surface area contributed by atoms with E-state index in [9.17, 15) is 9.59 Å². The number of hydrogen-bond acceptors (Lipinski definition) is 3. The number of carbonyl (C=O) groups excluding carboxylic acids is 2. The molecule has 108 valence electrons. The molecule has 0 atom stereocenters. The fourth-order valence-corrected chi connectivity index (χ4v) is 2.01. The fraction of sp³-hybridized carbons (Fsp3) is 0.176. The van der Waals surface area contributed by atoms with Crippen molar-refractivity contribution >= 4 is 11.7 Å². The van der Waals surface area contributed by atoms with Crippen LogP contribution in [0.4, 0.5) is 0 Å². The molecule has 0 saturated carbocycles. The largest absolute Gasteiger partial charge is 0.294 e. The number of carbonyl (C=O) groups is 2. The number of hydroxylamine groups is 2. The molecule has 21 heavy (non-hydrogen) atoms. The third-order valence-corrected chi connectivity index (χ3v) is 3.24. The molecule has 0 bridgehead atoms. The molecular weight excluding hydrogens is 266 g/mol. The third-order valence-electron chi connectivity index (χ3n) is 3.24. The van der Waals surface area contributed by atoms with Crippen LogP contribution >= 0.6 is 0 Å². The molecule has 0 aliphatic rings. The molecule has 4 nitrogen and oxygen atoms in total. The van der Waals surface area contributed by atoms with Gasteiger partial charge in [0.05, 0.1) is 0 Å². The van der Waals surface area contributed by atoms with Gasteiger partial charge >= 0.3 is 0 Å². The van der Waals surface area contributed by atoms with Crippen LogP contribution < -0.4 is 0 Å². The highest BCUT2D eigenvalue weighted by Crippen LogP contribution is 2.19. The van der Waals surface area contributed by atoms with Crippen LogP contribution in [0, 0.1) is 0 Å². The number of Topliss-reactive ketones (excluding diaryl/α,β-unsaturated/α-hetero) is 1. The lowest BCUT2D eigenvalue weighted by Gasteiger charge is -2.07. The van der Waals surface area contributed by atoms with Crippen LogP contribution in [-0.4, -0.2) is 29.0 Å². The predicted octanol–water partition coefficient (Wildman–Crippen LogP) is 3.16. The first-order valence-electron chi connectivity index (χ1n) is 6.72. The molecule has 0 heterocycles. The highest BCUT2D eigenvalue weighted by atomic mass is 16.5. The summed E-state index contributed by atoms with van der Waals surface area (Å²) in [4.78, 5) is 23.2. The van der Waals surface area contributed by atoms with Crippen molar-refractivity contribution in [1.29, 1.82) is 0 Å². The van der Waals surface area contributed by atoms with Crippen LogP contribution in [0.15, 0.2) is 54.6 Å². The van der Waals surface area contributed by atoms with E-state index in [0.29, 0.717) is 10.6 Å². The van der Waals surface area contributed by atoms with Gasteiger partial charge in [-0.25, -0.2) is 5.06 Å². The molecular formula is C17H17NO3. The second-order valence-electron chi connectivity index (χ2n) is 4.78. The molecule has 0 saturated heterocycles. The van der Waals surface area contributed by atoms with Gasteiger partial charge < -0.3 is 0 Å². The Kier molecular flexibility index (Phi) is 4.85. The zero-order valence-corrected chi connectivity index (χ0v) is 11.8. The van der Waals surface area contributed by atoms with Crippen LogP contribution in [0.2, 0.25) is 0 Å². The molecule has 0 spiro atoms. The molecule has 2 aromatic carbocycles. The minimum atomic E-state index is -0.468. The third kappa shape index (κ3) is 4.00. The Bertz CT molecular complexity index is 618. The van der Waals surface area contributed by atoms with Crippen molar-refractivity contribution in [3.63, 3.8) is 0 Å². The molecule has 0 fully saturated rings. The summed E-state index contributed by atoms with van der Waals surface area (Å²) in [6.07, 6.45) is 0.0979. The molecule has 0 aromatic heterocycles. The van der Waals surface area contributed by atoms with Crippen LogP contribution in [0.25, 0.3) is 11.1 Å². The van der Waals surface area contributed by atoms with Gasteiger partial charge in [0.1, 0.15) is 0 Å². The van der Waals surface area contributed by atoms with E-state index in [2.05, 4.69) is 0 Å². The van der Waals surface area contributed by atoms with Gasteiger partial charge in [0.15, 0.2) is 5.78 Å². The number of amides is 1. The summed E-state index contributed by atoms with van der Waals surface area (Å²) in [5.74, 6) is -0.575. The Morgan fingerprint density at radius 1 is 0.905 bits per heavy atom. The molecule has 1 amide bonds. The zero-order valence-electron chi connectivity index (χ0n) is 11.8.